The lowest BCUT2D eigenvalue weighted by Crippen LogP contribution is -2.03. The Labute approximate surface area is 91.2 Å². The van der Waals surface area contributed by atoms with Crippen LogP contribution >= 0.6 is 0 Å². The van der Waals surface area contributed by atoms with E-state index in [4.69, 9.17) is 5.73 Å². The van der Waals surface area contributed by atoms with E-state index in [1.807, 2.05) is 0 Å². The first kappa shape index (κ1) is 12.1. The predicted molar refractivity (Wildman–Crippen MR) is 57.1 cm³/mol. The zero-order valence-electron chi connectivity index (χ0n) is 8.46. The molecule has 16 heavy (non-hydrogen) atoms. The third kappa shape index (κ3) is 2.74. The summed E-state index contributed by atoms with van der Waals surface area (Å²) in [7, 11) is 0. The Balaban J connectivity index is 3.10. The number of hydrogen-bond acceptors (Lipinski definition) is 5. The van der Waals surface area contributed by atoms with Gasteiger partial charge in [-0.1, -0.05) is 0 Å². The highest BCUT2D eigenvalue weighted by Crippen LogP contribution is 2.24. The molecule has 0 bridgehead atoms. The van der Waals surface area contributed by atoms with Gasteiger partial charge in [-0.05, 0) is 19.4 Å². The van der Waals surface area contributed by atoms with Crippen molar-refractivity contribution < 1.29 is 9.85 Å². The van der Waals surface area contributed by atoms with Crippen LogP contribution in [-0.4, -0.2) is 16.4 Å². The molecule has 1 aromatic rings. The van der Waals surface area contributed by atoms with Gasteiger partial charge in [0.05, 0.1) is 9.85 Å². The maximum absolute atomic E-state index is 10.7. The van der Waals surface area contributed by atoms with E-state index >= 15 is 0 Å². The van der Waals surface area contributed by atoms with Crippen LogP contribution in [0.2, 0.25) is 0 Å². The van der Waals surface area contributed by atoms with E-state index in [-0.39, 0.29) is 11.4 Å². The number of nitrogens with zero attached hydrogens (tertiary/aromatic N) is 2. The fourth-order valence-corrected chi connectivity index (χ4v) is 1.36. The first-order chi connectivity index (χ1) is 7.56. The lowest BCUT2D eigenvalue weighted by atomic mass is 10.1. The molecule has 0 amide bonds. The molecule has 1 aromatic carbocycles. The Hall–Kier alpha value is -2.02. The first-order valence-corrected chi connectivity index (χ1v) is 4.68. The monoisotopic (exact) mass is 225 g/mol. The van der Waals surface area contributed by atoms with Crippen LogP contribution in [0.5, 0.6) is 0 Å². The maximum atomic E-state index is 10.7. The van der Waals surface area contributed by atoms with Crippen molar-refractivity contribution in [2.75, 3.05) is 6.54 Å². The SMILES string of the molecule is NCCCc1cc([N+](=O)[O-])ccc1[N+](=O)[O-]. The quantitative estimate of drug-likeness (QED) is 0.601. The summed E-state index contributed by atoms with van der Waals surface area (Å²) >= 11 is 0. The van der Waals surface area contributed by atoms with Crippen LogP contribution in [-0.2, 0) is 6.42 Å². The number of nitro groups is 2. The lowest BCUT2D eigenvalue weighted by Gasteiger charge is -2.01. The van der Waals surface area contributed by atoms with E-state index in [0.29, 0.717) is 24.9 Å². The molecule has 0 aliphatic heterocycles. The molecule has 0 spiro atoms. The summed E-state index contributed by atoms with van der Waals surface area (Å²) in [6.45, 7) is 0.389. The van der Waals surface area contributed by atoms with Crippen LogP contribution in [0.25, 0.3) is 0 Å². The lowest BCUT2D eigenvalue weighted by molar-refractivity contribution is -0.389. The van der Waals surface area contributed by atoms with Crippen LogP contribution < -0.4 is 5.73 Å². The molecule has 7 nitrogen and oxygen atoms in total. The van der Waals surface area contributed by atoms with Crippen LogP contribution in [0.1, 0.15) is 12.0 Å². The minimum Gasteiger partial charge on any atom is -0.330 e. The molecule has 0 aliphatic carbocycles. The van der Waals surface area contributed by atoms with Gasteiger partial charge in [0, 0.05) is 23.8 Å². The minimum absolute atomic E-state index is 0.0981. The number of nitro benzene ring substituents is 2. The zero-order chi connectivity index (χ0) is 12.1. The second kappa shape index (κ2) is 5.17. The standard InChI is InChI=1S/C9H11N3O4/c10-5-1-2-7-6-8(11(13)14)3-4-9(7)12(15)16/h3-4,6H,1-2,5,10H2. The molecule has 0 atom stereocenters. The predicted octanol–water partition coefficient (Wildman–Crippen LogP) is 1.39. The molecular formula is C9H11N3O4. The van der Waals surface area contributed by atoms with Crippen LogP contribution in [0.15, 0.2) is 18.2 Å². The van der Waals surface area contributed by atoms with Crippen molar-refractivity contribution in [1.29, 1.82) is 0 Å². The van der Waals surface area contributed by atoms with Crippen molar-refractivity contribution in [2.24, 2.45) is 5.73 Å². The van der Waals surface area contributed by atoms with Gasteiger partial charge in [0.15, 0.2) is 0 Å². The molecule has 0 saturated heterocycles. The highest BCUT2D eigenvalue weighted by atomic mass is 16.6. The van der Waals surface area contributed by atoms with Crippen molar-refractivity contribution in [3.8, 4) is 0 Å². The molecule has 0 radical (unpaired) electrons. The molecule has 2 N–H and O–H groups in total. The second-order valence-electron chi connectivity index (χ2n) is 3.22. The van der Waals surface area contributed by atoms with Gasteiger partial charge >= 0.3 is 0 Å². The van der Waals surface area contributed by atoms with Gasteiger partial charge in [-0.15, -0.1) is 0 Å². The fourth-order valence-electron chi connectivity index (χ4n) is 1.36. The summed E-state index contributed by atoms with van der Waals surface area (Å²) in [5.74, 6) is 0. The summed E-state index contributed by atoms with van der Waals surface area (Å²) < 4.78 is 0. The molecule has 0 saturated carbocycles. The molecule has 86 valence electrons. The molecule has 1 rings (SSSR count). The molecule has 0 aliphatic rings. The summed E-state index contributed by atoms with van der Waals surface area (Å²) in [6, 6.07) is 3.52. The number of rotatable bonds is 5. The normalized spacial score (nSPS) is 10.1. The molecule has 7 heteroatoms. The largest absolute Gasteiger partial charge is 0.330 e. The average Bonchev–Trinajstić information content (AvgIpc) is 2.25. The Morgan fingerprint density at radius 1 is 1.19 bits per heavy atom. The van der Waals surface area contributed by atoms with Gasteiger partial charge in [0.2, 0.25) is 0 Å². The molecule has 0 unspecified atom stereocenters. The number of benzene rings is 1. The third-order valence-corrected chi connectivity index (χ3v) is 2.12. The Bertz CT molecular complexity index is 419. The molecule has 0 heterocycles. The van der Waals surface area contributed by atoms with Crippen molar-refractivity contribution in [3.63, 3.8) is 0 Å². The zero-order valence-corrected chi connectivity index (χ0v) is 8.46. The molecular weight excluding hydrogens is 214 g/mol. The van der Waals surface area contributed by atoms with Crippen molar-refractivity contribution in [2.45, 2.75) is 12.8 Å². The van der Waals surface area contributed by atoms with Crippen molar-refractivity contribution in [1.82, 2.24) is 0 Å². The summed E-state index contributed by atoms with van der Waals surface area (Å²) in [6.07, 6.45) is 0.927. The van der Waals surface area contributed by atoms with Crippen LogP contribution in [0.4, 0.5) is 11.4 Å². The smallest absolute Gasteiger partial charge is 0.273 e. The van der Waals surface area contributed by atoms with Crippen molar-refractivity contribution in [3.05, 3.63) is 44.0 Å². The van der Waals surface area contributed by atoms with E-state index in [1.165, 1.54) is 6.07 Å². The van der Waals surface area contributed by atoms with Gasteiger partial charge in [-0.3, -0.25) is 20.2 Å². The number of hydrogen-bond donors (Lipinski definition) is 1. The van der Waals surface area contributed by atoms with E-state index in [0.717, 1.165) is 12.1 Å². The number of non-ortho nitro benzene ring substituents is 1. The minimum atomic E-state index is -0.574. The Morgan fingerprint density at radius 3 is 2.38 bits per heavy atom. The molecule has 0 aromatic heterocycles. The summed E-state index contributed by atoms with van der Waals surface area (Å²) in [4.78, 5) is 20.1. The van der Waals surface area contributed by atoms with Crippen molar-refractivity contribution >= 4 is 11.4 Å². The topological polar surface area (TPSA) is 112 Å². The summed E-state index contributed by atoms with van der Waals surface area (Å²) in [5.41, 5.74) is 5.41. The van der Waals surface area contributed by atoms with Gasteiger partial charge in [0.1, 0.15) is 0 Å². The third-order valence-electron chi connectivity index (χ3n) is 2.12. The van der Waals surface area contributed by atoms with E-state index in [2.05, 4.69) is 0 Å². The van der Waals surface area contributed by atoms with Gasteiger partial charge in [-0.25, -0.2) is 0 Å². The van der Waals surface area contributed by atoms with Gasteiger partial charge in [0.25, 0.3) is 11.4 Å². The summed E-state index contributed by atoms with van der Waals surface area (Å²) in [5, 5.41) is 21.2. The van der Waals surface area contributed by atoms with E-state index in [9.17, 15) is 20.2 Å². The van der Waals surface area contributed by atoms with E-state index in [1.54, 1.807) is 0 Å². The maximum Gasteiger partial charge on any atom is 0.273 e. The first-order valence-electron chi connectivity index (χ1n) is 4.68. The highest BCUT2D eigenvalue weighted by molar-refractivity contribution is 5.48. The van der Waals surface area contributed by atoms with E-state index < -0.39 is 9.85 Å². The van der Waals surface area contributed by atoms with Crippen LogP contribution in [0.3, 0.4) is 0 Å². The average molecular weight is 225 g/mol. The fraction of sp³-hybridized carbons (Fsp3) is 0.333. The number of nitrogens with two attached hydrogens (primary N) is 1. The van der Waals surface area contributed by atoms with Gasteiger partial charge < -0.3 is 5.73 Å². The van der Waals surface area contributed by atoms with Crippen LogP contribution in [0, 0.1) is 20.2 Å². The van der Waals surface area contributed by atoms with Gasteiger partial charge in [-0.2, -0.15) is 0 Å². The highest BCUT2D eigenvalue weighted by Gasteiger charge is 2.17. The Kier molecular flexibility index (Phi) is 3.90. The number of aryl methyl sites for hydroxylation is 1. The molecule has 0 fully saturated rings. The second-order valence-corrected chi connectivity index (χ2v) is 3.22. The Morgan fingerprint density at radius 2 is 1.88 bits per heavy atom.